The number of halogens is 2. The molecule has 2 aromatic heterocycles. The van der Waals surface area contributed by atoms with Gasteiger partial charge in [-0.05, 0) is 25.1 Å². The van der Waals surface area contributed by atoms with E-state index in [1.165, 1.54) is 19.4 Å². The fraction of sp³-hybridized carbons (Fsp3) is 0.136. The SMILES string of the molecule is Cc1cnc(-c2cnc(NCCNC=CC=C(C#N)[CH]=[W])nc2-c2ccc(Cl)cc2Cl)[nH]1. The monoisotopic (exact) mass is 635 g/mol. The summed E-state index contributed by atoms with van der Waals surface area (Å²) in [6, 6.07) is 7.41. The van der Waals surface area contributed by atoms with Gasteiger partial charge in [-0.2, -0.15) is 0 Å². The zero-order valence-corrected chi connectivity index (χ0v) is 21.5. The van der Waals surface area contributed by atoms with Crippen molar-refractivity contribution in [1.82, 2.24) is 25.3 Å². The van der Waals surface area contributed by atoms with Crippen LogP contribution in [0.2, 0.25) is 10.0 Å². The van der Waals surface area contributed by atoms with Crippen LogP contribution in [0.1, 0.15) is 5.69 Å². The minimum Gasteiger partial charge on any atom is -0.342 e. The van der Waals surface area contributed by atoms with Gasteiger partial charge in [-0.15, -0.1) is 0 Å². The van der Waals surface area contributed by atoms with Gasteiger partial charge in [-0.3, -0.25) is 0 Å². The Labute approximate surface area is 207 Å². The maximum absolute atomic E-state index is 8.89. The molecule has 32 heavy (non-hydrogen) atoms. The van der Waals surface area contributed by atoms with Crippen LogP contribution in [0.3, 0.4) is 0 Å². The van der Waals surface area contributed by atoms with Crippen LogP contribution in [-0.2, 0) is 19.4 Å². The number of H-pyrrole nitrogens is 1. The number of nitriles is 1. The van der Waals surface area contributed by atoms with Gasteiger partial charge in [0.05, 0.1) is 10.6 Å². The molecule has 1 aromatic carbocycles. The van der Waals surface area contributed by atoms with E-state index in [-0.39, 0.29) is 0 Å². The average Bonchev–Trinajstić information content (AvgIpc) is 3.22. The number of aromatic nitrogens is 4. The van der Waals surface area contributed by atoms with E-state index in [1.807, 2.05) is 17.4 Å². The molecule has 0 saturated carbocycles. The zero-order chi connectivity index (χ0) is 22.9. The first-order chi connectivity index (χ1) is 15.5. The third kappa shape index (κ3) is 6.36. The molecule has 3 aromatic rings. The molecule has 0 unspecified atom stereocenters. The molecule has 0 bridgehead atoms. The fourth-order valence-corrected chi connectivity index (χ4v) is 3.70. The van der Waals surface area contributed by atoms with Crippen LogP contribution in [0.4, 0.5) is 5.95 Å². The molecule has 2 heterocycles. The molecule has 0 atom stereocenters. The number of rotatable bonds is 9. The molecule has 0 fully saturated rings. The van der Waals surface area contributed by atoms with E-state index in [9.17, 15) is 0 Å². The molecule has 0 saturated heterocycles. The zero-order valence-electron chi connectivity index (χ0n) is 17.1. The van der Waals surface area contributed by atoms with E-state index in [4.69, 9.17) is 33.4 Å². The van der Waals surface area contributed by atoms with E-state index >= 15 is 0 Å². The van der Waals surface area contributed by atoms with Crippen molar-refractivity contribution in [2.75, 3.05) is 18.4 Å². The van der Waals surface area contributed by atoms with Gasteiger partial charge in [0.25, 0.3) is 0 Å². The summed E-state index contributed by atoms with van der Waals surface area (Å²) in [6.07, 6.45) is 8.82. The summed E-state index contributed by atoms with van der Waals surface area (Å²) in [6.45, 7) is 3.17. The molecule has 3 N–H and O–H groups in total. The van der Waals surface area contributed by atoms with Gasteiger partial charge in [-0.25, -0.2) is 4.98 Å². The number of allylic oxidation sites excluding steroid dienone is 3. The van der Waals surface area contributed by atoms with E-state index in [0.717, 1.165) is 16.8 Å². The molecule has 0 amide bonds. The van der Waals surface area contributed by atoms with Gasteiger partial charge >= 0.3 is 111 Å². The van der Waals surface area contributed by atoms with Crippen LogP contribution in [0.5, 0.6) is 0 Å². The van der Waals surface area contributed by atoms with Crippen LogP contribution in [0.15, 0.2) is 54.5 Å². The number of aromatic amines is 1. The van der Waals surface area contributed by atoms with Crippen LogP contribution in [0.25, 0.3) is 22.6 Å². The minimum absolute atomic E-state index is 0.471. The van der Waals surface area contributed by atoms with E-state index in [2.05, 4.69) is 31.7 Å². The molecule has 0 spiro atoms. The van der Waals surface area contributed by atoms with Crippen LogP contribution in [0, 0.1) is 18.3 Å². The van der Waals surface area contributed by atoms with Crippen molar-refractivity contribution in [3.63, 3.8) is 0 Å². The van der Waals surface area contributed by atoms with E-state index in [1.54, 1.807) is 42.9 Å². The molecular formula is C22H19Cl2N7W. The van der Waals surface area contributed by atoms with Crippen molar-refractivity contribution < 1.29 is 19.4 Å². The number of nitrogens with zero attached hydrogens (tertiary/aromatic N) is 4. The van der Waals surface area contributed by atoms with Gasteiger partial charge in [0.1, 0.15) is 5.82 Å². The summed E-state index contributed by atoms with van der Waals surface area (Å²) in [4.78, 5) is 16.8. The van der Waals surface area contributed by atoms with Crippen molar-refractivity contribution in [1.29, 1.82) is 5.26 Å². The first kappa shape index (κ1) is 23.9. The number of imidazole rings is 1. The van der Waals surface area contributed by atoms with Crippen LogP contribution < -0.4 is 10.6 Å². The Balaban J connectivity index is 1.76. The quantitative estimate of drug-likeness (QED) is 0.182. The van der Waals surface area contributed by atoms with Crippen molar-refractivity contribution in [2.24, 2.45) is 0 Å². The van der Waals surface area contributed by atoms with E-state index < -0.39 is 0 Å². The maximum atomic E-state index is 8.89. The third-order valence-electron chi connectivity index (χ3n) is 4.23. The Morgan fingerprint density at radius 3 is 2.75 bits per heavy atom. The number of hydrogen-bond acceptors (Lipinski definition) is 6. The van der Waals surface area contributed by atoms with Crippen molar-refractivity contribution in [3.05, 3.63) is 70.3 Å². The van der Waals surface area contributed by atoms with Crippen molar-refractivity contribution >= 4 is 33.6 Å². The van der Waals surface area contributed by atoms with E-state index in [0.29, 0.717) is 46.2 Å². The van der Waals surface area contributed by atoms with Crippen LogP contribution in [-0.4, -0.2) is 37.4 Å². The summed E-state index contributed by atoms with van der Waals surface area (Å²) < 4.78 is 1.83. The molecule has 7 nitrogen and oxygen atoms in total. The summed E-state index contributed by atoms with van der Waals surface area (Å²) in [7, 11) is 0. The second-order valence-corrected chi connectivity index (χ2v) is 8.28. The Bertz CT molecular complexity index is 1210. The third-order valence-corrected chi connectivity index (χ3v) is 5.69. The molecular weight excluding hydrogens is 617 g/mol. The normalized spacial score (nSPS) is 11.4. The standard InChI is InChI=1S/C22H19Cl2N7.W/c1-14(11-25)4-3-7-26-8-9-27-22-29-13-18(21-28-12-15(2)30-21)20(31-22)17-6-5-16(23)10-19(17)24;/h1,3-7,10,12-13,26H,8-9H2,2H3,(H,28,30)(H,27,29,31);. The number of anilines is 1. The van der Waals surface area contributed by atoms with Gasteiger partial charge in [0.2, 0.25) is 0 Å². The summed E-state index contributed by atoms with van der Waals surface area (Å²) in [5, 5.41) is 16.3. The van der Waals surface area contributed by atoms with Gasteiger partial charge in [-0.1, -0.05) is 23.2 Å². The molecule has 162 valence electrons. The smallest absolute Gasteiger partial charge is 0.342 e. The molecule has 3 rings (SSSR count). The predicted octanol–water partition coefficient (Wildman–Crippen LogP) is 4.46. The van der Waals surface area contributed by atoms with Gasteiger partial charge < -0.3 is 4.98 Å². The molecule has 0 aliphatic heterocycles. The second-order valence-electron chi connectivity index (χ2n) is 6.59. The number of aryl methyl sites for hydroxylation is 1. The Morgan fingerprint density at radius 2 is 2.06 bits per heavy atom. The summed E-state index contributed by atoms with van der Waals surface area (Å²) >= 11 is 13.8. The Hall–Kier alpha value is -2.78. The Morgan fingerprint density at radius 1 is 1.22 bits per heavy atom. The first-order valence-electron chi connectivity index (χ1n) is 9.55. The topological polar surface area (TPSA) is 102 Å². The molecule has 10 heteroatoms. The first-order valence-corrected chi connectivity index (χ1v) is 12.0. The predicted molar refractivity (Wildman–Crippen MR) is 125 cm³/mol. The number of nitrogens with one attached hydrogen (secondary N) is 3. The van der Waals surface area contributed by atoms with Crippen molar-refractivity contribution in [3.8, 4) is 28.7 Å². The fourth-order valence-electron chi connectivity index (χ4n) is 2.73. The molecule has 0 radical (unpaired) electrons. The van der Waals surface area contributed by atoms with Gasteiger partial charge in [0, 0.05) is 22.5 Å². The summed E-state index contributed by atoms with van der Waals surface area (Å²) in [5.74, 6) is 1.14. The van der Waals surface area contributed by atoms with Crippen LogP contribution >= 0.6 is 23.2 Å². The number of hydrogen-bond donors (Lipinski definition) is 3. The molecule has 0 aliphatic carbocycles. The Kier molecular flexibility index (Phi) is 8.75. The second kappa shape index (κ2) is 11.7. The van der Waals surface area contributed by atoms with Crippen molar-refractivity contribution in [2.45, 2.75) is 6.92 Å². The van der Waals surface area contributed by atoms with Gasteiger partial charge in [0.15, 0.2) is 0 Å². The summed E-state index contributed by atoms with van der Waals surface area (Å²) in [5.41, 5.74) is 3.71. The molecule has 0 aliphatic rings. The number of benzene rings is 1. The average molecular weight is 636 g/mol. The minimum atomic E-state index is 0.471.